The van der Waals surface area contributed by atoms with E-state index in [1.165, 1.54) is 12.1 Å². The molecule has 100 valence electrons. The summed E-state index contributed by atoms with van der Waals surface area (Å²) >= 11 is 0. The molecule has 0 aromatic heterocycles. The monoisotopic (exact) mass is 261 g/mol. The van der Waals surface area contributed by atoms with Gasteiger partial charge in [0.05, 0.1) is 18.3 Å². The lowest BCUT2D eigenvalue weighted by atomic mass is 9.92. The van der Waals surface area contributed by atoms with Crippen molar-refractivity contribution in [3.05, 3.63) is 29.3 Å². The van der Waals surface area contributed by atoms with Gasteiger partial charge >= 0.3 is 6.18 Å². The molecule has 0 spiro atoms. The summed E-state index contributed by atoms with van der Waals surface area (Å²) in [6.45, 7) is 0.859. The Morgan fingerprint density at radius 3 is 2.67 bits per heavy atom. The summed E-state index contributed by atoms with van der Waals surface area (Å²) in [7, 11) is 0. The number of aliphatic hydroxyl groups is 1. The molecule has 1 aliphatic heterocycles. The normalized spacial score (nSPS) is 22.1. The van der Waals surface area contributed by atoms with Crippen LogP contribution in [0.25, 0.3) is 0 Å². The van der Waals surface area contributed by atoms with Crippen LogP contribution in [0.5, 0.6) is 0 Å². The summed E-state index contributed by atoms with van der Waals surface area (Å²) in [5.41, 5.74) is 4.34. The average molecular weight is 261 g/mol. The highest BCUT2D eigenvalue weighted by Crippen LogP contribution is 2.39. The average Bonchev–Trinajstić information content (AvgIpc) is 2.80. The van der Waals surface area contributed by atoms with Crippen molar-refractivity contribution in [3.8, 4) is 0 Å². The van der Waals surface area contributed by atoms with Crippen LogP contribution in [0.3, 0.4) is 0 Å². The van der Waals surface area contributed by atoms with Gasteiger partial charge in [-0.05, 0) is 12.5 Å². The van der Waals surface area contributed by atoms with Gasteiger partial charge in [0.25, 0.3) is 0 Å². The van der Waals surface area contributed by atoms with Crippen LogP contribution in [0.15, 0.2) is 18.2 Å². The maximum atomic E-state index is 12.7. The number of benzene rings is 1. The maximum absolute atomic E-state index is 12.7. The van der Waals surface area contributed by atoms with Crippen molar-refractivity contribution in [2.75, 3.05) is 18.9 Å². The number of halogens is 3. The molecule has 0 aliphatic carbocycles. The van der Waals surface area contributed by atoms with Gasteiger partial charge in [0.1, 0.15) is 0 Å². The molecule has 2 unspecified atom stereocenters. The highest BCUT2D eigenvalue weighted by molar-refractivity contribution is 5.56. The van der Waals surface area contributed by atoms with Gasteiger partial charge in [-0.25, -0.2) is 0 Å². The lowest BCUT2D eigenvalue weighted by Crippen LogP contribution is -2.17. The minimum Gasteiger partial charge on any atom is -0.398 e. The van der Waals surface area contributed by atoms with Gasteiger partial charge in [-0.3, -0.25) is 0 Å². The molecular weight excluding hydrogens is 247 g/mol. The number of nitrogen functional groups attached to an aromatic ring is 1. The van der Waals surface area contributed by atoms with Gasteiger partial charge in [0.2, 0.25) is 0 Å². The van der Waals surface area contributed by atoms with Crippen LogP contribution < -0.4 is 5.73 Å². The number of ether oxygens (including phenoxy) is 1. The van der Waals surface area contributed by atoms with Crippen LogP contribution in [-0.4, -0.2) is 18.3 Å². The van der Waals surface area contributed by atoms with Crippen molar-refractivity contribution < 1.29 is 23.0 Å². The first kappa shape index (κ1) is 13.2. The van der Waals surface area contributed by atoms with Gasteiger partial charge in [0, 0.05) is 23.8 Å². The standard InChI is InChI=1S/C12H14F3NO2/c13-12(14,15)9-3-1-2-8(10(9)16)11(17)7-4-5-18-6-7/h1-3,7,11,17H,4-6,16H2. The fourth-order valence-electron chi connectivity index (χ4n) is 2.14. The fourth-order valence-corrected chi connectivity index (χ4v) is 2.14. The zero-order valence-corrected chi connectivity index (χ0v) is 9.57. The van der Waals surface area contributed by atoms with Crippen molar-refractivity contribution in [1.29, 1.82) is 0 Å². The Labute approximate surface area is 102 Å². The smallest absolute Gasteiger partial charge is 0.398 e. The molecule has 0 amide bonds. The number of alkyl halides is 3. The number of rotatable bonds is 2. The largest absolute Gasteiger partial charge is 0.418 e. The Morgan fingerprint density at radius 2 is 2.11 bits per heavy atom. The van der Waals surface area contributed by atoms with Gasteiger partial charge in [-0.1, -0.05) is 12.1 Å². The van der Waals surface area contributed by atoms with Crippen molar-refractivity contribution >= 4 is 5.69 Å². The number of anilines is 1. The molecule has 1 aromatic carbocycles. The second kappa shape index (κ2) is 4.78. The summed E-state index contributed by atoms with van der Waals surface area (Å²) in [5, 5.41) is 10.1. The number of para-hydroxylation sites is 1. The molecular formula is C12H14F3NO2. The third kappa shape index (κ3) is 2.44. The Kier molecular flexibility index (Phi) is 3.49. The van der Waals surface area contributed by atoms with Crippen LogP contribution in [0.4, 0.5) is 18.9 Å². The van der Waals surface area contributed by atoms with Gasteiger partial charge in [-0.2, -0.15) is 13.2 Å². The van der Waals surface area contributed by atoms with Crippen molar-refractivity contribution in [2.45, 2.75) is 18.7 Å². The summed E-state index contributed by atoms with van der Waals surface area (Å²) in [5.74, 6) is -0.198. The van der Waals surface area contributed by atoms with Crippen molar-refractivity contribution in [3.63, 3.8) is 0 Å². The molecule has 6 heteroatoms. The lowest BCUT2D eigenvalue weighted by molar-refractivity contribution is -0.137. The number of hydrogen-bond donors (Lipinski definition) is 2. The first-order valence-electron chi connectivity index (χ1n) is 5.62. The van der Waals surface area contributed by atoms with Crippen LogP contribution in [0, 0.1) is 5.92 Å². The molecule has 0 saturated carbocycles. The molecule has 18 heavy (non-hydrogen) atoms. The highest BCUT2D eigenvalue weighted by atomic mass is 19.4. The number of aliphatic hydroxyl groups excluding tert-OH is 1. The fraction of sp³-hybridized carbons (Fsp3) is 0.500. The van der Waals surface area contributed by atoms with E-state index in [4.69, 9.17) is 10.5 Å². The summed E-state index contributed by atoms with van der Waals surface area (Å²) in [4.78, 5) is 0. The van der Waals surface area contributed by atoms with Crippen molar-refractivity contribution in [2.24, 2.45) is 5.92 Å². The van der Waals surface area contributed by atoms with Crippen LogP contribution in [0.2, 0.25) is 0 Å². The second-order valence-corrected chi connectivity index (χ2v) is 4.37. The zero-order chi connectivity index (χ0) is 13.3. The van der Waals surface area contributed by atoms with Gasteiger partial charge < -0.3 is 15.6 Å². The Hall–Kier alpha value is -1.27. The lowest BCUT2D eigenvalue weighted by Gasteiger charge is -2.21. The third-order valence-electron chi connectivity index (χ3n) is 3.18. The Morgan fingerprint density at radius 1 is 1.39 bits per heavy atom. The summed E-state index contributed by atoms with van der Waals surface area (Å²) < 4.78 is 43.2. The van der Waals surface area contributed by atoms with Gasteiger partial charge in [0.15, 0.2) is 0 Å². The van der Waals surface area contributed by atoms with E-state index < -0.39 is 23.5 Å². The van der Waals surface area contributed by atoms with Gasteiger partial charge in [-0.15, -0.1) is 0 Å². The quantitative estimate of drug-likeness (QED) is 0.803. The van der Waals surface area contributed by atoms with Crippen LogP contribution >= 0.6 is 0 Å². The molecule has 3 N–H and O–H groups in total. The molecule has 1 aromatic rings. The Balaban J connectivity index is 2.33. The van der Waals surface area contributed by atoms with E-state index in [0.717, 1.165) is 6.07 Å². The number of nitrogens with two attached hydrogens (primary N) is 1. The minimum atomic E-state index is -4.51. The first-order chi connectivity index (χ1) is 8.41. The van der Waals surface area contributed by atoms with E-state index in [2.05, 4.69) is 0 Å². The SMILES string of the molecule is Nc1c(C(O)C2CCOC2)cccc1C(F)(F)F. The molecule has 1 aliphatic rings. The Bertz CT molecular complexity index is 428. The van der Waals surface area contributed by atoms with E-state index >= 15 is 0 Å². The third-order valence-corrected chi connectivity index (χ3v) is 3.18. The highest BCUT2D eigenvalue weighted by Gasteiger charge is 2.35. The summed E-state index contributed by atoms with van der Waals surface area (Å²) in [6, 6.07) is 3.60. The zero-order valence-electron chi connectivity index (χ0n) is 9.57. The van der Waals surface area contributed by atoms with E-state index in [-0.39, 0.29) is 11.5 Å². The summed E-state index contributed by atoms with van der Waals surface area (Å²) in [6.07, 6.45) is -4.90. The molecule has 3 nitrogen and oxygen atoms in total. The topological polar surface area (TPSA) is 55.5 Å². The van der Waals surface area contributed by atoms with E-state index in [1.54, 1.807) is 0 Å². The first-order valence-corrected chi connectivity index (χ1v) is 5.62. The van der Waals surface area contributed by atoms with E-state index in [0.29, 0.717) is 19.6 Å². The molecule has 1 saturated heterocycles. The number of hydrogen-bond acceptors (Lipinski definition) is 3. The molecule has 1 fully saturated rings. The van der Waals surface area contributed by atoms with E-state index in [9.17, 15) is 18.3 Å². The van der Waals surface area contributed by atoms with E-state index in [1.807, 2.05) is 0 Å². The molecule has 2 rings (SSSR count). The molecule has 2 atom stereocenters. The second-order valence-electron chi connectivity index (χ2n) is 4.37. The maximum Gasteiger partial charge on any atom is 0.418 e. The molecule has 0 radical (unpaired) electrons. The van der Waals surface area contributed by atoms with Crippen LogP contribution in [-0.2, 0) is 10.9 Å². The molecule has 0 bridgehead atoms. The van der Waals surface area contributed by atoms with Crippen LogP contribution in [0.1, 0.15) is 23.7 Å². The predicted octanol–water partition coefficient (Wildman–Crippen LogP) is 2.36. The van der Waals surface area contributed by atoms with Crippen molar-refractivity contribution in [1.82, 2.24) is 0 Å². The minimum absolute atomic E-state index is 0.125. The molecule has 1 heterocycles. The predicted molar refractivity (Wildman–Crippen MR) is 59.7 cm³/mol.